The molecule has 0 radical (unpaired) electrons. The van der Waals surface area contributed by atoms with Gasteiger partial charge in [0.25, 0.3) is 0 Å². The van der Waals surface area contributed by atoms with Crippen molar-refractivity contribution in [3.8, 4) is 28.3 Å². The van der Waals surface area contributed by atoms with Crippen LogP contribution in [0.3, 0.4) is 0 Å². The van der Waals surface area contributed by atoms with E-state index in [4.69, 9.17) is 14.8 Å². The van der Waals surface area contributed by atoms with Crippen molar-refractivity contribution in [1.82, 2.24) is 34.6 Å². The first-order valence-electron chi connectivity index (χ1n) is 14.1. The zero-order valence-corrected chi connectivity index (χ0v) is 22.5. The second-order valence-electron chi connectivity index (χ2n) is 10.3. The van der Waals surface area contributed by atoms with Crippen LogP contribution in [0.2, 0.25) is 0 Å². The molecule has 9 heteroatoms. The zero-order valence-electron chi connectivity index (χ0n) is 22.5. The fourth-order valence-electron chi connectivity index (χ4n) is 5.84. The van der Waals surface area contributed by atoms with Crippen molar-refractivity contribution < 1.29 is 4.74 Å². The first-order valence-corrected chi connectivity index (χ1v) is 14.1. The monoisotopic (exact) mass is 532 g/mol. The number of hydrogen-bond acceptors (Lipinski definition) is 8. The van der Waals surface area contributed by atoms with Crippen LogP contribution in [0, 0.1) is 0 Å². The number of fused-ring (bicyclic) bond motifs is 2. The summed E-state index contributed by atoms with van der Waals surface area (Å²) < 4.78 is 8.32. The molecule has 0 unspecified atom stereocenters. The highest BCUT2D eigenvalue weighted by molar-refractivity contribution is 5.99. The smallest absolute Gasteiger partial charge is 0.225 e. The zero-order chi connectivity index (χ0) is 26.7. The number of piperazine rings is 1. The summed E-state index contributed by atoms with van der Waals surface area (Å²) in [5.74, 6) is 1.68. The molecule has 0 amide bonds. The molecule has 0 bridgehead atoms. The lowest BCUT2D eigenvalue weighted by atomic mass is 9.96. The lowest BCUT2D eigenvalue weighted by Gasteiger charge is -2.34. The molecule has 0 N–H and O–H groups in total. The van der Waals surface area contributed by atoms with Gasteiger partial charge in [-0.25, -0.2) is 9.97 Å². The minimum Gasteiger partial charge on any atom is -0.493 e. The first-order chi connectivity index (χ1) is 19.8. The highest BCUT2D eigenvalue weighted by atomic mass is 16.5. The molecule has 0 aliphatic carbocycles. The van der Waals surface area contributed by atoms with E-state index in [1.54, 1.807) is 12.4 Å². The van der Waals surface area contributed by atoms with Crippen LogP contribution >= 0.6 is 0 Å². The van der Waals surface area contributed by atoms with Crippen molar-refractivity contribution >= 4 is 16.9 Å². The summed E-state index contributed by atoms with van der Waals surface area (Å²) in [6, 6.07) is 16.2. The molecule has 1 fully saturated rings. The SMILES string of the molecule is c1ccc(-c2nn3c(c2-c2ccnc4cc(OCCCN5CCN(c6ncccn6)CC5)ccc24)CCC3)nc1. The average Bonchev–Trinajstić information content (AvgIpc) is 3.62. The molecule has 0 atom stereocenters. The van der Waals surface area contributed by atoms with Crippen LogP contribution in [0.5, 0.6) is 5.75 Å². The molecule has 1 saturated heterocycles. The third-order valence-corrected chi connectivity index (χ3v) is 7.83. The number of anilines is 1. The Balaban J connectivity index is 1.02. The Morgan fingerprint density at radius 2 is 1.68 bits per heavy atom. The molecular weight excluding hydrogens is 500 g/mol. The van der Waals surface area contributed by atoms with Gasteiger partial charge >= 0.3 is 0 Å². The van der Waals surface area contributed by atoms with E-state index >= 15 is 0 Å². The molecule has 4 aromatic heterocycles. The number of rotatable bonds is 8. The quantitative estimate of drug-likeness (QED) is 0.270. The van der Waals surface area contributed by atoms with Crippen molar-refractivity contribution in [2.75, 3.05) is 44.2 Å². The average molecular weight is 533 g/mol. The number of aromatic nitrogens is 6. The van der Waals surface area contributed by atoms with E-state index in [0.717, 1.165) is 98.1 Å². The van der Waals surface area contributed by atoms with Gasteiger partial charge in [0.1, 0.15) is 11.4 Å². The van der Waals surface area contributed by atoms with Gasteiger partial charge in [0.2, 0.25) is 5.95 Å². The predicted octanol–water partition coefficient (Wildman–Crippen LogP) is 4.49. The number of pyridine rings is 2. The molecule has 1 aromatic carbocycles. The molecule has 0 saturated carbocycles. The van der Waals surface area contributed by atoms with Gasteiger partial charge in [-0.2, -0.15) is 5.10 Å². The standard InChI is InChI=1S/C31H32N8O/c1-2-11-32-26(6-1)30-29(28-7-3-16-39(28)36-30)25-10-14-33-27-22-23(8-9-24(25)27)40-21-5-15-37-17-19-38(20-18-37)31-34-12-4-13-35-31/h1-2,4,6,8-14,22H,3,5,7,15-21H2. The number of hydrogen-bond donors (Lipinski definition) is 0. The van der Waals surface area contributed by atoms with Gasteiger partial charge in [-0.1, -0.05) is 6.07 Å². The molecule has 2 aliphatic heterocycles. The van der Waals surface area contributed by atoms with E-state index < -0.39 is 0 Å². The Bertz CT molecular complexity index is 1600. The molecule has 6 heterocycles. The molecule has 202 valence electrons. The van der Waals surface area contributed by atoms with Crippen LogP contribution in [-0.4, -0.2) is 73.9 Å². The maximum absolute atomic E-state index is 6.17. The normalized spacial score (nSPS) is 15.4. The summed E-state index contributed by atoms with van der Waals surface area (Å²) in [5, 5.41) is 6.07. The van der Waals surface area contributed by atoms with E-state index in [-0.39, 0.29) is 0 Å². The fourth-order valence-corrected chi connectivity index (χ4v) is 5.84. The van der Waals surface area contributed by atoms with Crippen LogP contribution in [0.25, 0.3) is 33.4 Å². The molecule has 9 nitrogen and oxygen atoms in total. The largest absolute Gasteiger partial charge is 0.493 e. The summed E-state index contributed by atoms with van der Waals surface area (Å²) in [6.07, 6.45) is 10.5. The molecule has 5 aromatic rings. The van der Waals surface area contributed by atoms with E-state index in [9.17, 15) is 0 Å². The summed E-state index contributed by atoms with van der Waals surface area (Å²) in [6.45, 7) is 6.57. The van der Waals surface area contributed by atoms with Crippen LogP contribution in [-0.2, 0) is 13.0 Å². The molecule has 7 rings (SSSR count). The summed E-state index contributed by atoms with van der Waals surface area (Å²) in [7, 11) is 0. The Morgan fingerprint density at radius 3 is 2.52 bits per heavy atom. The topological polar surface area (TPSA) is 85.1 Å². The third kappa shape index (κ3) is 4.88. The lowest BCUT2D eigenvalue weighted by Crippen LogP contribution is -2.47. The molecule has 40 heavy (non-hydrogen) atoms. The fraction of sp³-hybridized carbons (Fsp3) is 0.323. The van der Waals surface area contributed by atoms with Crippen LogP contribution in [0.4, 0.5) is 5.95 Å². The van der Waals surface area contributed by atoms with Crippen molar-refractivity contribution in [1.29, 1.82) is 0 Å². The highest BCUT2D eigenvalue weighted by Gasteiger charge is 2.25. The van der Waals surface area contributed by atoms with Crippen molar-refractivity contribution in [3.05, 3.63) is 79.0 Å². The van der Waals surface area contributed by atoms with Gasteiger partial charge in [0, 0.05) is 86.8 Å². The lowest BCUT2D eigenvalue weighted by molar-refractivity contribution is 0.224. The Labute approximate surface area is 233 Å². The van der Waals surface area contributed by atoms with E-state index in [0.29, 0.717) is 6.61 Å². The van der Waals surface area contributed by atoms with Crippen LogP contribution in [0.15, 0.2) is 73.3 Å². The van der Waals surface area contributed by atoms with E-state index in [2.05, 4.69) is 53.7 Å². The third-order valence-electron chi connectivity index (χ3n) is 7.83. The number of benzene rings is 1. The van der Waals surface area contributed by atoms with Gasteiger partial charge in [0.15, 0.2) is 0 Å². The van der Waals surface area contributed by atoms with Gasteiger partial charge in [-0.3, -0.25) is 19.5 Å². The Hall–Kier alpha value is -4.37. The maximum Gasteiger partial charge on any atom is 0.225 e. The van der Waals surface area contributed by atoms with Gasteiger partial charge in [-0.15, -0.1) is 0 Å². The predicted molar refractivity (Wildman–Crippen MR) is 155 cm³/mol. The van der Waals surface area contributed by atoms with Gasteiger partial charge in [-0.05, 0) is 61.2 Å². The maximum atomic E-state index is 6.17. The molecular formula is C31H32N8O. The van der Waals surface area contributed by atoms with Gasteiger partial charge in [0.05, 0.1) is 17.8 Å². The van der Waals surface area contributed by atoms with Crippen molar-refractivity contribution in [2.45, 2.75) is 25.8 Å². The highest BCUT2D eigenvalue weighted by Crippen LogP contribution is 2.40. The minimum absolute atomic E-state index is 0.675. The minimum atomic E-state index is 0.675. The van der Waals surface area contributed by atoms with Gasteiger partial charge < -0.3 is 9.64 Å². The summed E-state index contributed by atoms with van der Waals surface area (Å²) in [4.78, 5) is 22.8. The second kappa shape index (κ2) is 11.0. The summed E-state index contributed by atoms with van der Waals surface area (Å²) >= 11 is 0. The molecule has 0 spiro atoms. The van der Waals surface area contributed by atoms with E-state index in [1.165, 1.54) is 11.3 Å². The van der Waals surface area contributed by atoms with Crippen LogP contribution in [0.1, 0.15) is 18.5 Å². The van der Waals surface area contributed by atoms with Crippen molar-refractivity contribution in [3.63, 3.8) is 0 Å². The van der Waals surface area contributed by atoms with E-state index in [1.807, 2.05) is 36.7 Å². The number of ether oxygens (including phenoxy) is 1. The van der Waals surface area contributed by atoms with Crippen LogP contribution < -0.4 is 9.64 Å². The second-order valence-corrected chi connectivity index (χ2v) is 10.3. The van der Waals surface area contributed by atoms with Crippen molar-refractivity contribution in [2.24, 2.45) is 0 Å². The Morgan fingerprint density at radius 1 is 0.800 bits per heavy atom. The summed E-state index contributed by atoms with van der Waals surface area (Å²) in [5.41, 5.74) is 6.39. The first kappa shape index (κ1) is 24.7. The Kier molecular flexibility index (Phi) is 6.79. The molecule has 2 aliphatic rings. The number of nitrogens with zero attached hydrogens (tertiary/aromatic N) is 8. The number of aryl methyl sites for hydroxylation is 1.